The van der Waals surface area contributed by atoms with E-state index in [1.165, 1.54) is 49.4 Å². The van der Waals surface area contributed by atoms with Gasteiger partial charge in [-0.15, -0.1) is 0 Å². The largest absolute Gasteiger partial charge is 0.464 e. The number of ether oxygens (including phenoxy) is 3. The number of benzene rings is 2. The van der Waals surface area contributed by atoms with Gasteiger partial charge in [-0.05, 0) is 75.7 Å². The molecule has 0 saturated heterocycles. The molecule has 38 heavy (non-hydrogen) atoms. The number of carbonyl (C=O) groups excluding carboxylic acids is 4. The van der Waals surface area contributed by atoms with E-state index in [2.05, 4.69) is 0 Å². The van der Waals surface area contributed by atoms with Crippen LogP contribution in [-0.4, -0.2) is 53.9 Å². The fraction of sp³-hybridized carbons (Fsp3) is 0.250. The first-order chi connectivity index (χ1) is 18.1. The first-order valence-electron chi connectivity index (χ1n) is 11.9. The molecule has 2 rings (SSSR count). The maximum Gasteiger partial charge on any atom is 0.417 e. The summed E-state index contributed by atoms with van der Waals surface area (Å²) < 4.78 is 15.4. The summed E-state index contributed by atoms with van der Waals surface area (Å²) >= 11 is 0. The first-order valence-corrected chi connectivity index (χ1v) is 11.9. The molecule has 2 amide bonds. The summed E-state index contributed by atoms with van der Waals surface area (Å²) in [5.41, 5.74) is 6.92. The lowest BCUT2D eigenvalue weighted by molar-refractivity contribution is -0.150. The van der Waals surface area contributed by atoms with Crippen LogP contribution in [0, 0.1) is 5.41 Å². The average molecular weight is 522 g/mol. The molecule has 2 aromatic carbocycles. The molecule has 0 radical (unpaired) electrons. The molecule has 0 fully saturated rings. The third kappa shape index (κ3) is 7.89. The quantitative estimate of drug-likeness (QED) is 0.119. The summed E-state index contributed by atoms with van der Waals surface area (Å²) in [6.07, 6.45) is 3.46. The predicted molar refractivity (Wildman–Crippen MR) is 142 cm³/mol. The summed E-state index contributed by atoms with van der Waals surface area (Å²) in [5.74, 6) is -1.90. The van der Waals surface area contributed by atoms with Crippen molar-refractivity contribution < 1.29 is 33.4 Å². The maximum atomic E-state index is 13.3. The Hall–Kier alpha value is -4.73. The topological polar surface area (TPSA) is 149 Å². The molecule has 1 atom stereocenters. The zero-order chi connectivity index (χ0) is 28.2. The number of nitrogens with zero attached hydrogens (tertiary/aromatic N) is 1. The second-order valence-electron chi connectivity index (χ2n) is 7.87. The van der Waals surface area contributed by atoms with Gasteiger partial charge in [-0.3, -0.25) is 10.2 Å². The number of allylic oxidation sites excluding steroid dienone is 1. The molecule has 0 aliphatic heterocycles. The molecule has 0 aromatic heterocycles. The summed E-state index contributed by atoms with van der Waals surface area (Å²) in [4.78, 5) is 51.6. The molecule has 0 aliphatic carbocycles. The van der Waals surface area contributed by atoms with Gasteiger partial charge in [0.2, 0.25) is 0 Å². The van der Waals surface area contributed by atoms with Gasteiger partial charge in [0, 0.05) is 11.1 Å². The molecular formula is C28H31N3O7. The normalized spacial score (nSPS) is 11.9. The predicted octanol–water partition coefficient (Wildman–Crippen LogP) is 4.09. The molecule has 0 saturated carbocycles. The molecule has 200 valence electrons. The summed E-state index contributed by atoms with van der Waals surface area (Å²) in [6, 6.07) is 11.2. The van der Waals surface area contributed by atoms with Crippen molar-refractivity contribution in [1.29, 1.82) is 5.41 Å². The Morgan fingerprint density at radius 2 is 1.53 bits per heavy atom. The van der Waals surface area contributed by atoms with Gasteiger partial charge in [0.05, 0.1) is 18.8 Å². The highest BCUT2D eigenvalue weighted by Gasteiger charge is 2.35. The minimum atomic E-state index is -1.29. The van der Waals surface area contributed by atoms with Crippen LogP contribution in [0.15, 0.2) is 66.3 Å². The average Bonchev–Trinajstić information content (AvgIpc) is 2.89. The maximum absolute atomic E-state index is 13.3. The summed E-state index contributed by atoms with van der Waals surface area (Å²) in [5, 5.41) is 7.41. The molecule has 0 bridgehead atoms. The Morgan fingerprint density at radius 3 is 2.05 bits per heavy atom. The molecule has 0 spiro atoms. The third-order valence-electron chi connectivity index (χ3n) is 5.11. The monoisotopic (exact) mass is 521 g/mol. The van der Waals surface area contributed by atoms with Gasteiger partial charge in [-0.1, -0.05) is 24.3 Å². The molecular weight excluding hydrogens is 490 g/mol. The Balaban J connectivity index is 2.24. The van der Waals surface area contributed by atoms with E-state index in [1.54, 1.807) is 45.0 Å². The van der Waals surface area contributed by atoms with Crippen LogP contribution < -0.4 is 10.5 Å². The number of hydrogen-bond acceptors (Lipinski definition) is 8. The fourth-order valence-corrected chi connectivity index (χ4v) is 3.28. The van der Waals surface area contributed by atoms with Gasteiger partial charge < -0.3 is 19.9 Å². The lowest BCUT2D eigenvalue weighted by Gasteiger charge is -2.26. The molecule has 3 N–H and O–H groups in total. The van der Waals surface area contributed by atoms with Crippen molar-refractivity contribution in [3.63, 3.8) is 0 Å². The van der Waals surface area contributed by atoms with E-state index < -0.39 is 30.0 Å². The lowest BCUT2D eigenvalue weighted by Crippen LogP contribution is -2.49. The van der Waals surface area contributed by atoms with Gasteiger partial charge in [0.25, 0.3) is 5.91 Å². The standard InChI is InChI=1S/C28H31N3O7/c1-5-8-23(27(34)36-6-2)31(28(35)37-7-3)25(32)18(4)17-19-9-11-21(12-10-19)26(33)38-22-15-13-20(14-16-22)24(29)30/h5,8-17,23H,6-7H2,1-4H3,(H3,29,30). The number of esters is 2. The van der Waals surface area contributed by atoms with Crippen molar-refractivity contribution in [3.8, 4) is 5.75 Å². The number of nitrogens with one attached hydrogen (secondary N) is 1. The SMILES string of the molecule is CC=CC(C(=O)OCC)N(C(=O)OCC)C(=O)C(C)=Cc1ccc(C(=O)Oc2ccc(C(=N)N)cc2)cc1. The van der Waals surface area contributed by atoms with Crippen molar-refractivity contribution in [2.45, 2.75) is 33.7 Å². The van der Waals surface area contributed by atoms with Gasteiger partial charge in [-0.2, -0.15) is 0 Å². The third-order valence-corrected chi connectivity index (χ3v) is 5.11. The Labute approximate surface area is 221 Å². The smallest absolute Gasteiger partial charge is 0.417 e. The minimum absolute atomic E-state index is 0.00912. The van der Waals surface area contributed by atoms with E-state index in [4.69, 9.17) is 25.4 Å². The van der Waals surface area contributed by atoms with Crippen molar-refractivity contribution >= 4 is 35.9 Å². The molecule has 0 heterocycles. The van der Waals surface area contributed by atoms with E-state index in [1.807, 2.05) is 0 Å². The zero-order valence-corrected chi connectivity index (χ0v) is 21.7. The van der Waals surface area contributed by atoms with Gasteiger partial charge >= 0.3 is 18.0 Å². The van der Waals surface area contributed by atoms with Gasteiger partial charge in [-0.25, -0.2) is 19.3 Å². The Bertz CT molecular complexity index is 1230. The highest BCUT2D eigenvalue weighted by atomic mass is 16.6. The molecule has 10 nitrogen and oxygen atoms in total. The van der Waals surface area contributed by atoms with Crippen molar-refractivity contribution in [1.82, 2.24) is 4.90 Å². The second-order valence-corrected chi connectivity index (χ2v) is 7.87. The summed E-state index contributed by atoms with van der Waals surface area (Å²) in [7, 11) is 0. The number of amides is 2. The Morgan fingerprint density at radius 1 is 0.947 bits per heavy atom. The van der Waals surface area contributed by atoms with Crippen LogP contribution in [0.5, 0.6) is 5.75 Å². The molecule has 0 aliphatic rings. The molecule has 1 unspecified atom stereocenters. The van der Waals surface area contributed by atoms with E-state index >= 15 is 0 Å². The van der Waals surface area contributed by atoms with Crippen LogP contribution in [0.4, 0.5) is 4.79 Å². The number of nitrogen functional groups attached to an aromatic ring is 1. The fourth-order valence-electron chi connectivity index (χ4n) is 3.28. The van der Waals surface area contributed by atoms with E-state index in [0.717, 1.165) is 4.90 Å². The van der Waals surface area contributed by atoms with Crippen LogP contribution in [0.3, 0.4) is 0 Å². The number of imide groups is 1. The van der Waals surface area contributed by atoms with Crippen LogP contribution in [0.1, 0.15) is 49.2 Å². The van der Waals surface area contributed by atoms with Crippen LogP contribution >= 0.6 is 0 Å². The van der Waals surface area contributed by atoms with E-state index in [0.29, 0.717) is 16.9 Å². The lowest BCUT2D eigenvalue weighted by atomic mass is 10.1. The number of hydrogen-bond donors (Lipinski definition) is 2. The van der Waals surface area contributed by atoms with Crippen molar-refractivity contribution in [2.75, 3.05) is 13.2 Å². The Kier molecular flexibility index (Phi) is 11.0. The number of nitrogens with two attached hydrogens (primary N) is 1. The van der Waals surface area contributed by atoms with Gasteiger partial charge in [0.1, 0.15) is 11.6 Å². The zero-order valence-electron chi connectivity index (χ0n) is 21.7. The minimum Gasteiger partial charge on any atom is -0.464 e. The van der Waals surface area contributed by atoms with Crippen LogP contribution in [0.25, 0.3) is 6.08 Å². The van der Waals surface area contributed by atoms with Crippen molar-refractivity contribution in [2.24, 2.45) is 5.73 Å². The van der Waals surface area contributed by atoms with Crippen molar-refractivity contribution in [3.05, 3.63) is 82.9 Å². The number of rotatable bonds is 10. The molecule has 2 aromatic rings. The van der Waals surface area contributed by atoms with Crippen LogP contribution in [0.2, 0.25) is 0 Å². The first kappa shape index (κ1) is 29.5. The number of amidine groups is 1. The number of carbonyl (C=O) groups is 4. The second kappa shape index (κ2) is 14.1. The highest BCUT2D eigenvalue weighted by molar-refractivity contribution is 6.07. The van der Waals surface area contributed by atoms with E-state index in [9.17, 15) is 19.2 Å². The van der Waals surface area contributed by atoms with E-state index in [-0.39, 0.29) is 30.2 Å². The summed E-state index contributed by atoms with van der Waals surface area (Å²) in [6.45, 7) is 6.44. The molecule has 10 heteroatoms. The van der Waals surface area contributed by atoms with Gasteiger partial charge in [0.15, 0.2) is 6.04 Å². The highest BCUT2D eigenvalue weighted by Crippen LogP contribution is 2.18. The van der Waals surface area contributed by atoms with Crippen LogP contribution in [-0.2, 0) is 19.1 Å².